The van der Waals surface area contributed by atoms with Crippen molar-refractivity contribution < 1.29 is 18.3 Å². The number of nitrogens with zero attached hydrogens (tertiary/aromatic N) is 3. The Morgan fingerprint density at radius 2 is 2.05 bits per heavy atom. The van der Waals surface area contributed by atoms with Crippen LogP contribution >= 0.6 is 0 Å². The van der Waals surface area contributed by atoms with Gasteiger partial charge in [0.2, 0.25) is 0 Å². The topological polar surface area (TPSA) is 57.0 Å². The van der Waals surface area contributed by atoms with Crippen molar-refractivity contribution in [1.29, 1.82) is 0 Å². The number of carbonyl (C=O) groups is 1. The van der Waals surface area contributed by atoms with Crippen LogP contribution in [0.1, 0.15) is 68.2 Å². The average Bonchev–Trinajstić information content (AvgIpc) is 2.84. The molecule has 20 heavy (non-hydrogen) atoms. The van der Waals surface area contributed by atoms with Gasteiger partial charge >= 0.3 is 5.97 Å². The van der Waals surface area contributed by atoms with E-state index < -0.39 is 18.1 Å². The number of alkyl halides is 2. The molecule has 0 atom stereocenters. The Balaban J connectivity index is 2.27. The number of aromatic nitrogens is 3. The van der Waals surface area contributed by atoms with E-state index >= 15 is 0 Å². The van der Waals surface area contributed by atoms with Crippen molar-refractivity contribution in [3.63, 3.8) is 0 Å². The first-order chi connectivity index (χ1) is 9.54. The zero-order chi connectivity index (χ0) is 14.7. The van der Waals surface area contributed by atoms with E-state index in [1.54, 1.807) is 6.92 Å². The second kappa shape index (κ2) is 6.28. The van der Waals surface area contributed by atoms with Crippen molar-refractivity contribution in [2.45, 2.75) is 52.0 Å². The van der Waals surface area contributed by atoms with Gasteiger partial charge in [-0.15, -0.1) is 5.10 Å². The molecule has 1 saturated carbocycles. The van der Waals surface area contributed by atoms with Crippen LogP contribution in [0, 0.1) is 5.92 Å². The van der Waals surface area contributed by atoms with Gasteiger partial charge in [0.15, 0.2) is 5.69 Å². The van der Waals surface area contributed by atoms with Crippen molar-refractivity contribution in [1.82, 2.24) is 15.0 Å². The van der Waals surface area contributed by atoms with Crippen LogP contribution in [0.2, 0.25) is 0 Å². The van der Waals surface area contributed by atoms with Gasteiger partial charge in [0.05, 0.1) is 12.6 Å². The highest BCUT2D eigenvalue weighted by Crippen LogP contribution is 2.34. The molecule has 0 bridgehead atoms. The van der Waals surface area contributed by atoms with Crippen molar-refractivity contribution >= 4 is 5.97 Å². The molecule has 1 aliphatic carbocycles. The van der Waals surface area contributed by atoms with Gasteiger partial charge in [0.25, 0.3) is 6.43 Å². The van der Waals surface area contributed by atoms with E-state index in [1.165, 1.54) is 4.68 Å². The summed E-state index contributed by atoms with van der Waals surface area (Å²) in [5.41, 5.74) is -0.775. The fraction of sp³-hybridized carbons (Fsp3) is 0.769. The van der Waals surface area contributed by atoms with Crippen LogP contribution in [-0.4, -0.2) is 27.6 Å². The highest BCUT2D eigenvalue weighted by molar-refractivity contribution is 5.88. The Labute approximate surface area is 116 Å². The smallest absolute Gasteiger partial charge is 0.361 e. The maximum Gasteiger partial charge on any atom is 0.361 e. The predicted octanol–water partition coefficient (Wildman–Crippen LogP) is 3.14. The molecule has 0 spiro atoms. The molecular weight excluding hydrogens is 268 g/mol. The van der Waals surface area contributed by atoms with Gasteiger partial charge in [-0.3, -0.25) is 0 Å². The second-order valence-corrected chi connectivity index (χ2v) is 5.20. The van der Waals surface area contributed by atoms with Crippen molar-refractivity contribution in [3.8, 4) is 0 Å². The number of halogens is 2. The van der Waals surface area contributed by atoms with Crippen molar-refractivity contribution in [3.05, 3.63) is 11.4 Å². The largest absolute Gasteiger partial charge is 0.461 e. The normalized spacial score (nSPS) is 23.1. The van der Waals surface area contributed by atoms with Crippen LogP contribution in [0.15, 0.2) is 0 Å². The zero-order valence-electron chi connectivity index (χ0n) is 11.7. The van der Waals surface area contributed by atoms with Crippen LogP contribution in [0.5, 0.6) is 0 Å². The van der Waals surface area contributed by atoms with Crippen LogP contribution < -0.4 is 0 Å². The lowest BCUT2D eigenvalue weighted by molar-refractivity contribution is 0.0505. The van der Waals surface area contributed by atoms with E-state index in [0.29, 0.717) is 5.92 Å². The zero-order valence-corrected chi connectivity index (χ0v) is 11.7. The SMILES string of the molecule is CCOC(=O)c1nnn(C2CCC(C)CC2)c1C(F)F. The summed E-state index contributed by atoms with van der Waals surface area (Å²) in [4.78, 5) is 11.6. The summed E-state index contributed by atoms with van der Waals surface area (Å²) in [7, 11) is 0. The minimum Gasteiger partial charge on any atom is -0.461 e. The Morgan fingerprint density at radius 3 is 2.60 bits per heavy atom. The number of ether oxygens (including phenoxy) is 1. The molecule has 1 heterocycles. The summed E-state index contributed by atoms with van der Waals surface area (Å²) in [5, 5.41) is 7.38. The van der Waals surface area contributed by atoms with E-state index in [0.717, 1.165) is 25.7 Å². The van der Waals surface area contributed by atoms with Crippen LogP contribution in [0.25, 0.3) is 0 Å². The summed E-state index contributed by atoms with van der Waals surface area (Å²) >= 11 is 0. The van der Waals surface area contributed by atoms with Crippen LogP contribution in [0.4, 0.5) is 8.78 Å². The molecule has 112 valence electrons. The predicted molar refractivity (Wildman–Crippen MR) is 67.6 cm³/mol. The summed E-state index contributed by atoms with van der Waals surface area (Å²) in [5.74, 6) is -0.229. The molecule has 1 fully saturated rings. The summed E-state index contributed by atoms with van der Waals surface area (Å²) in [6.45, 7) is 3.89. The van der Waals surface area contributed by atoms with E-state index in [9.17, 15) is 13.6 Å². The first-order valence-electron chi connectivity index (χ1n) is 6.94. The second-order valence-electron chi connectivity index (χ2n) is 5.20. The molecule has 0 amide bonds. The highest BCUT2D eigenvalue weighted by atomic mass is 19.3. The standard InChI is InChI=1S/C13H19F2N3O2/c1-3-20-13(19)10-11(12(14)15)18(17-16-10)9-6-4-8(2)5-7-9/h8-9,12H,3-7H2,1-2H3. The van der Waals surface area contributed by atoms with E-state index in [4.69, 9.17) is 4.74 Å². The average molecular weight is 287 g/mol. The van der Waals surface area contributed by atoms with E-state index in [2.05, 4.69) is 17.2 Å². The molecule has 0 N–H and O–H groups in total. The summed E-state index contributed by atoms with van der Waals surface area (Å²) in [6.07, 6.45) is 0.729. The van der Waals surface area contributed by atoms with Gasteiger partial charge in [-0.05, 0) is 38.5 Å². The fourth-order valence-corrected chi connectivity index (χ4v) is 2.61. The third kappa shape index (κ3) is 2.96. The van der Waals surface area contributed by atoms with Gasteiger partial charge < -0.3 is 4.74 Å². The van der Waals surface area contributed by atoms with Gasteiger partial charge in [-0.1, -0.05) is 12.1 Å². The number of hydrogen-bond donors (Lipinski definition) is 0. The Kier molecular flexibility index (Phi) is 4.67. The number of hydrogen-bond acceptors (Lipinski definition) is 4. The monoisotopic (exact) mass is 287 g/mol. The molecule has 1 aromatic heterocycles. The van der Waals surface area contributed by atoms with Crippen molar-refractivity contribution in [2.24, 2.45) is 5.92 Å². The van der Waals surface area contributed by atoms with E-state index in [1.807, 2.05) is 0 Å². The molecular formula is C13H19F2N3O2. The first kappa shape index (κ1) is 14.9. The lowest BCUT2D eigenvalue weighted by Crippen LogP contribution is -2.20. The molecule has 0 saturated heterocycles. The quantitative estimate of drug-likeness (QED) is 0.798. The van der Waals surface area contributed by atoms with Gasteiger partial charge in [-0.25, -0.2) is 18.3 Å². The lowest BCUT2D eigenvalue weighted by Gasteiger charge is -2.27. The molecule has 7 heteroatoms. The first-order valence-corrected chi connectivity index (χ1v) is 6.94. The van der Waals surface area contributed by atoms with Crippen LogP contribution in [0.3, 0.4) is 0 Å². The van der Waals surface area contributed by atoms with E-state index in [-0.39, 0.29) is 18.3 Å². The number of rotatable bonds is 4. The molecule has 0 aromatic carbocycles. The summed E-state index contributed by atoms with van der Waals surface area (Å²) in [6, 6.07) is -0.106. The van der Waals surface area contributed by atoms with Gasteiger partial charge in [-0.2, -0.15) is 0 Å². The Bertz CT molecular complexity index is 468. The highest BCUT2D eigenvalue weighted by Gasteiger charge is 2.31. The Hall–Kier alpha value is -1.53. The molecule has 1 aliphatic rings. The molecule has 5 nitrogen and oxygen atoms in total. The van der Waals surface area contributed by atoms with Gasteiger partial charge in [0.1, 0.15) is 5.69 Å². The molecule has 0 aliphatic heterocycles. The fourth-order valence-electron chi connectivity index (χ4n) is 2.61. The minimum atomic E-state index is -2.79. The maximum absolute atomic E-state index is 13.2. The molecule has 0 radical (unpaired) electrons. The van der Waals surface area contributed by atoms with Crippen LogP contribution in [-0.2, 0) is 4.74 Å². The third-order valence-electron chi connectivity index (χ3n) is 3.74. The number of carbonyl (C=O) groups excluding carboxylic acids is 1. The summed E-state index contributed by atoms with van der Waals surface area (Å²) < 4.78 is 32.5. The lowest BCUT2D eigenvalue weighted by atomic mass is 9.87. The third-order valence-corrected chi connectivity index (χ3v) is 3.74. The Morgan fingerprint density at radius 1 is 1.40 bits per heavy atom. The van der Waals surface area contributed by atoms with Gasteiger partial charge in [0, 0.05) is 0 Å². The molecule has 1 aromatic rings. The minimum absolute atomic E-state index is 0.106. The number of esters is 1. The van der Waals surface area contributed by atoms with Crippen molar-refractivity contribution in [2.75, 3.05) is 6.61 Å². The molecule has 2 rings (SSSR count). The maximum atomic E-state index is 13.2. The molecule has 0 unspecified atom stereocenters.